The van der Waals surface area contributed by atoms with Crippen molar-refractivity contribution in [2.24, 2.45) is 7.05 Å². The van der Waals surface area contributed by atoms with Crippen LogP contribution in [0, 0.1) is 0 Å². The minimum absolute atomic E-state index is 0.0479. The highest BCUT2D eigenvalue weighted by Gasteiger charge is 2.29. The van der Waals surface area contributed by atoms with Gasteiger partial charge in [-0.25, -0.2) is 8.42 Å². The first-order chi connectivity index (χ1) is 9.44. The van der Waals surface area contributed by atoms with Gasteiger partial charge in [-0.1, -0.05) is 0 Å². The molecule has 2 heterocycles. The lowest BCUT2D eigenvalue weighted by atomic mass is 10.1. The summed E-state index contributed by atoms with van der Waals surface area (Å²) in [5, 5.41) is 3.80. The van der Waals surface area contributed by atoms with Gasteiger partial charge in [0.1, 0.15) is 0 Å². The molecular formula is C14H16N2O3S. The molecule has 5 nitrogen and oxygen atoms in total. The number of aromatic nitrogens is 1. The summed E-state index contributed by atoms with van der Waals surface area (Å²) in [7, 11) is -1.02. The number of nitrogens with one attached hydrogen (secondary N) is 1. The molecule has 0 saturated carbocycles. The van der Waals surface area contributed by atoms with Gasteiger partial charge in [-0.15, -0.1) is 0 Å². The van der Waals surface area contributed by atoms with E-state index in [1.54, 1.807) is 6.07 Å². The molecule has 1 aromatic carbocycles. The molecule has 6 heteroatoms. The molecule has 0 bridgehead atoms. The van der Waals surface area contributed by atoms with Crippen LogP contribution in [0.15, 0.2) is 30.5 Å². The van der Waals surface area contributed by atoms with E-state index in [2.05, 4.69) is 5.32 Å². The molecule has 2 aromatic rings. The van der Waals surface area contributed by atoms with E-state index in [1.807, 2.05) is 36.0 Å². The first kappa shape index (κ1) is 13.2. The summed E-state index contributed by atoms with van der Waals surface area (Å²) < 4.78 is 24.8. The molecule has 0 aliphatic carbocycles. The molecule has 20 heavy (non-hydrogen) atoms. The predicted molar refractivity (Wildman–Crippen MR) is 77.4 cm³/mol. The summed E-state index contributed by atoms with van der Waals surface area (Å²) in [5.41, 5.74) is 1.62. The SMILES string of the molecule is Cn1ccc2cc(C(=O)N[C@@H]3CCS(=O)(=O)C3)ccc21. The Morgan fingerprint density at radius 2 is 2.15 bits per heavy atom. The maximum atomic E-state index is 12.1. The zero-order valence-electron chi connectivity index (χ0n) is 11.2. The standard InChI is InChI=1S/C14H16N2O3S/c1-16-6-4-10-8-11(2-3-13(10)16)14(17)15-12-5-7-20(18,19)9-12/h2-4,6,8,12H,5,7,9H2,1H3,(H,15,17)/t12-/m1/s1. The fraction of sp³-hybridized carbons (Fsp3) is 0.357. The lowest BCUT2D eigenvalue weighted by Gasteiger charge is -2.11. The highest BCUT2D eigenvalue weighted by atomic mass is 32.2. The lowest BCUT2D eigenvalue weighted by molar-refractivity contribution is 0.0941. The Kier molecular flexibility index (Phi) is 3.05. The van der Waals surface area contributed by atoms with Crippen molar-refractivity contribution < 1.29 is 13.2 Å². The minimum atomic E-state index is -2.97. The third-order valence-electron chi connectivity index (χ3n) is 3.72. The Hall–Kier alpha value is -1.82. The molecule has 1 aliphatic rings. The van der Waals surface area contributed by atoms with Crippen LogP contribution in [0.1, 0.15) is 16.8 Å². The second-order valence-corrected chi connectivity index (χ2v) is 7.50. The first-order valence-electron chi connectivity index (χ1n) is 6.51. The topological polar surface area (TPSA) is 68.2 Å². The Balaban J connectivity index is 1.79. The number of rotatable bonds is 2. The number of hydrogen-bond donors (Lipinski definition) is 1. The average Bonchev–Trinajstić information content (AvgIpc) is 2.92. The summed E-state index contributed by atoms with van der Waals surface area (Å²) in [6.45, 7) is 0. The van der Waals surface area contributed by atoms with Gasteiger partial charge in [0.25, 0.3) is 5.91 Å². The number of aryl methyl sites for hydroxylation is 1. The van der Waals surface area contributed by atoms with Crippen molar-refractivity contribution in [3.8, 4) is 0 Å². The van der Waals surface area contributed by atoms with Crippen LogP contribution in [0.25, 0.3) is 10.9 Å². The summed E-state index contributed by atoms with van der Waals surface area (Å²) in [5.74, 6) is -0.0000154. The summed E-state index contributed by atoms with van der Waals surface area (Å²) in [4.78, 5) is 12.1. The monoisotopic (exact) mass is 292 g/mol. The van der Waals surface area contributed by atoms with E-state index in [-0.39, 0.29) is 23.5 Å². The van der Waals surface area contributed by atoms with E-state index < -0.39 is 9.84 Å². The average molecular weight is 292 g/mol. The molecule has 1 aromatic heterocycles. The van der Waals surface area contributed by atoms with Gasteiger partial charge >= 0.3 is 0 Å². The van der Waals surface area contributed by atoms with E-state index in [0.29, 0.717) is 12.0 Å². The lowest BCUT2D eigenvalue weighted by Crippen LogP contribution is -2.35. The number of amides is 1. The van der Waals surface area contributed by atoms with Crippen LogP contribution in [-0.4, -0.2) is 36.4 Å². The number of fused-ring (bicyclic) bond motifs is 1. The van der Waals surface area contributed by atoms with Crippen LogP contribution >= 0.6 is 0 Å². The first-order valence-corrected chi connectivity index (χ1v) is 8.33. The van der Waals surface area contributed by atoms with Gasteiger partial charge in [0.2, 0.25) is 0 Å². The van der Waals surface area contributed by atoms with Crippen LogP contribution < -0.4 is 5.32 Å². The van der Waals surface area contributed by atoms with Crippen molar-refractivity contribution in [2.45, 2.75) is 12.5 Å². The quantitative estimate of drug-likeness (QED) is 0.901. The number of carbonyl (C=O) groups excluding carboxylic acids is 1. The second kappa shape index (κ2) is 4.63. The van der Waals surface area contributed by atoms with E-state index in [1.165, 1.54) is 0 Å². The zero-order chi connectivity index (χ0) is 14.3. The molecule has 106 valence electrons. The number of sulfone groups is 1. The van der Waals surface area contributed by atoms with Crippen molar-refractivity contribution in [1.82, 2.24) is 9.88 Å². The molecule has 1 fully saturated rings. The smallest absolute Gasteiger partial charge is 0.251 e. The maximum Gasteiger partial charge on any atom is 0.251 e. The molecule has 1 amide bonds. The van der Waals surface area contributed by atoms with Crippen molar-refractivity contribution in [3.63, 3.8) is 0 Å². The fourth-order valence-corrected chi connectivity index (χ4v) is 4.27. The van der Waals surface area contributed by atoms with Gasteiger partial charge < -0.3 is 9.88 Å². The van der Waals surface area contributed by atoms with E-state index >= 15 is 0 Å². The largest absolute Gasteiger partial charge is 0.351 e. The van der Waals surface area contributed by atoms with Gasteiger partial charge in [-0.2, -0.15) is 0 Å². The molecule has 0 spiro atoms. The fourth-order valence-electron chi connectivity index (χ4n) is 2.60. The van der Waals surface area contributed by atoms with E-state index in [0.717, 1.165) is 10.9 Å². The summed E-state index contributed by atoms with van der Waals surface area (Å²) in [6.07, 6.45) is 2.44. The molecule has 0 radical (unpaired) electrons. The van der Waals surface area contributed by atoms with Crippen molar-refractivity contribution >= 4 is 26.6 Å². The Bertz CT molecular complexity index is 777. The van der Waals surface area contributed by atoms with Crippen molar-refractivity contribution in [1.29, 1.82) is 0 Å². The van der Waals surface area contributed by atoms with Crippen LogP contribution in [0.4, 0.5) is 0 Å². The number of benzene rings is 1. The van der Waals surface area contributed by atoms with Crippen LogP contribution in [0.5, 0.6) is 0 Å². The molecule has 1 aliphatic heterocycles. The summed E-state index contributed by atoms with van der Waals surface area (Å²) in [6, 6.07) is 7.18. The van der Waals surface area contributed by atoms with E-state index in [4.69, 9.17) is 0 Å². The second-order valence-electron chi connectivity index (χ2n) is 5.27. The predicted octanol–water partition coefficient (Wildman–Crippen LogP) is 1.10. The van der Waals surface area contributed by atoms with Gasteiger partial charge in [0, 0.05) is 35.8 Å². The maximum absolute atomic E-state index is 12.1. The van der Waals surface area contributed by atoms with E-state index in [9.17, 15) is 13.2 Å². The Labute approximate surface area is 117 Å². The van der Waals surface area contributed by atoms with Crippen LogP contribution in [0.2, 0.25) is 0 Å². The number of hydrogen-bond acceptors (Lipinski definition) is 3. The summed E-state index contributed by atoms with van der Waals surface area (Å²) >= 11 is 0. The highest BCUT2D eigenvalue weighted by Crippen LogP contribution is 2.17. The Morgan fingerprint density at radius 3 is 2.85 bits per heavy atom. The minimum Gasteiger partial charge on any atom is -0.351 e. The molecular weight excluding hydrogens is 276 g/mol. The normalized spacial score (nSPS) is 21.1. The zero-order valence-corrected chi connectivity index (χ0v) is 12.0. The molecule has 3 rings (SSSR count). The van der Waals surface area contributed by atoms with Gasteiger partial charge in [0.05, 0.1) is 11.5 Å². The van der Waals surface area contributed by atoms with Crippen molar-refractivity contribution in [2.75, 3.05) is 11.5 Å². The van der Waals surface area contributed by atoms with Crippen LogP contribution in [0.3, 0.4) is 0 Å². The van der Waals surface area contributed by atoms with Gasteiger partial charge in [0.15, 0.2) is 9.84 Å². The van der Waals surface area contributed by atoms with Crippen molar-refractivity contribution in [3.05, 3.63) is 36.0 Å². The highest BCUT2D eigenvalue weighted by molar-refractivity contribution is 7.91. The molecule has 0 unspecified atom stereocenters. The molecule has 1 N–H and O–H groups in total. The third kappa shape index (κ3) is 2.43. The Morgan fingerprint density at radius 1 is 1.35 bits per heavy atom. The number of carbonyl (C=O) groups is 1. The third-order valence-corrected chi connectivity index (χ3v) is 5.48. The van der Waals surface area contributed by atoms with Crippen LogP contribution in [-0.2, 0) is 16.9 Å². The van der Waals surface area contributed by atoms with Gasteiger partial charge in [-0.05, 0) is 30.7 Å². The number of nitrogens with zero attached hydrogens (tertiary/aromatic N) is 1. The molecule has 1 saturated heterocycles. The molecule has 1 atom stereocenters. The van der Waals surface area contributed by atoms with Gasteiger partial charge in [-0.3, -0.25) is 4.79 Å².